The lowest BCUT2D eigenvalue weighted by molar-refractivity contribution is -0.140. The Morgan fingerprint density at radius 1 is 1.21 bits per heavy atom. The predicted octanol–water partition coefficient (Wildman–Crippen LogP) is 2.35. The Kier molecular flexibility index (Phi) is 4.09. The lowest BCUT2D eigenvalue weighted by atomic mass is 9.97. The first-order valence-corrected chi connectivity index (χ1v) is 6.02. The van der Waals surface area contributed by atoms with Crippen LogP contribution in [0.2, 0.25) is 0 Å². The van der Waals surface area contributed by atoms with Gasteiger partial charge < -0.3 is 9.64 Å². The van der Waals surface area contributed by atoms with E-state index in [2.05, 4.69) is 4.90 Å². The van der Waals surface area contributed by atoms with Gasteiger partial charge in [-0.05, 0) is 33.0 Å². The maximum absolute atomic E-state index is 13.0. The molecular weight excluding hydrogens is 259 g/mol. The van der Waals surface area contributed by atoms with Crippen LogP contribution >= 0.6 is 0 Å². The fourth-order valence-electron chi connectivity index (χ4n) is 2.03. The van der Waals surface area contributed by atoms with Gasteiger partial charge >= 0.3 is 5.97 Å². The quantitative estimate of drug-likeness (QED) is 0.470. The molecule has 1 aromatic rings. The van der Waals surface area contributed by atoms with Gasteiger partial charge in [-0.1, -0.05) is 0 Å². The van der Waals surface area contributed by atoms with Crippen molar-refractivity contribution in [3.63, 3.8) is 0 Å². The minimum absolute atomic E-state index is 0.285. The molecule has 1 aliphatic heterocycles. The molecule has 1 fully saturated rings. The van der Waals surface area contributed by atoms with E-state index in [-0.39, 0.29) is 11.7 Å². The Morgan fingerprint density at radius 3 is 2.26 bits per heavy atom. The molecular formula is C13H14F3NO2. The summed E-state index contributed by atoms with van der Waals surface area (Å²) >= 11 is 0. The molecule has 1 aromatic carbocycles. The molecule has 0 N–H and O–H groups in total. The molecule has 2 rings (SSSR count). The molecule has 1 aliphatic rings. The molecule has 0 bridgehead atoms. The Bertz CT molecular complexity index is 462. The van der Waals surface area contributed by atoms with Crippen molar-refractivity contribution in [2.45, 2.75) is 12.8 Å². The van der Waals surface area contributed by atoms with Crippen molar-refractivity contribution in [2.75, 3.05) is 20.1 Å². The van der Waals surface area contributed by atoms with Crippen molar-refractivity contribution < 1.29 is 22.7 Å². The van der Waals surface area contributed by atoms with Crippen LogP contribution in [0, 0.1) is 23.4 Å². The minimum Gasteiger partial charge on any atom is -0.426 e. The second-order valence-corrected chi connectivity index (χ2v) is 4.70. The lowest BCUT2D eigenvalue weighted by Crippen LogP contribution is -2.35. The Labute approximate surface area is 109 Å². The van der Waals surface area contributed by atoms with Crippen molar-refractivity contribution in [3.05, 3.63) is 29.6 Å². The second-order valence-electron chi connectivity index (χ2n) is 4.70. The molecule has 0 saturated carbocycles. The number of nitrogens with zero attached hydrogens (tertiary/aromatic N) is 1. The molecule has 0 amide bonds. The second kappa shape index (κ2) is 5.61. The summed E-state index contributed by atoms with van der Waals surface area (Å²) in [4.78, 5) is 13.9. The van der Waals surface area contributed by atoms with E-state index in [0.717, 1.165) is 13.1 Å². The normalized spacial score (nSPS) is 17.5. The highest BCUT2D eigenvalue weighted by Gasteiger charge is 2.25. The van der Waals surface area contributed by atoms with Crippen LogP contribution in [-0.2, 0) is 4.79 Å². The van der Waals surface area contributed by atoms with Crippen molar-refractivity contribution in [1.82, 2.24) is 4.90 Å². The summed E-state index contributed by atoms with van der Waals surface area (Å²) in [6.07, 6.45) is 1.28. The molecule has 1 heterocycles. The highest BCUT2D eigenvalue weighted by atomic mass is 19.2. The first-order chi connectivity index (χ1) is 8.97. The first-order valence-electron chi connectivity index (χ1n) is 6.02. The molecule has 3 nitrogen and oxygen atoms in total. The number of hydrogen-bond donors (Lipinski definition) is 0. The molecule has 1 saturated heterocycles. The van der Waals surface area contributed by atoms with E-state index in [1.54, 1.807) is 0 Å². The van der Waals surface area contributed by atoms with Crippen LogP contribution in [-0.4, -0.2) is 31.0 Å². The van der Waals surface area contributed by atoms with Gasteiger partial charge in [0.25, 0.3) is 0 Å². The Hall–Kier alpha value is -1.56. The zero-order valence-corrected chi connectivity index (χ0v) is 10.5. The van der Waals surface area contributed by atoms with Gasteiger partial charge in [0.2, 0.25) is 0 Å². The number of carbonyl (C=O) groups is 1. The van der Waals surface area contributed by atoms with E-state index in [1.807, 2.05) is 7.05 Å². The monoisotopic (exact) mass is 273 g/mol. The van der Waals surface area contributed by atoms with Gasteiger partial charge in [-0.2, -0.15) is 0 Å². The largest absolute Gasteiger partial charge is 0.426 e. The third-order valence-electron chi connectivity index (χ3n) is 3.23. The fourth-order valence-corrected chi connectivity index (χ4v) is 2.03. The molecule has 0 aromatic heterocycles. The minimum atomic E-state index is -1.57. The van der Waals surface area contributed by atoms with Crippen LogP contribution in [0.25, 0.3) is 0 Å². The van der Waals surface area contributed by atoms with Gasteiger partial charge in [-0.15, -0.1) is 0 Å². The van der Waals surface area contributed by atoms with Crippen LogP contribution in [0.3, 0.4) is 0 Å². The molecule has 0 unspecified atom stereocenters. The molecule has 19 heavy (non-hydrogen) atoms. The average molecular weight is 273 g/mol. The molecule has 0 radical (unpaired) electrons. The summed E-state index contributed by atoms with van der Waals surface area (Å²) in [6.45, 7) is 1.54. The van der Waals surface area contributed by atoms with Crippen LogP contribution < -0.4 is 4.74 Å². The SMILES string of the molecule is CN1CCC(C(=O)Oc2cc(F)c(F)c(F)c2)CC1. The Balaban J connectivity index is 2.03. The number of ether oxygens (including phenoxy) is 1. The topological polar surface area (TPSA) is 29.5 Å². The Morgan fingerprint density at radius 2 is 1.74 bits per heavy atom. The lowest BCUT2D eigenvalue weighted by Gasteiger charge is -2.27. The van der Waals surface area contributed by atoms with E-state index >= 15 is 0 Å². The number of piperidine rings is 1. The number of esters is 1. The highest BCUT2D eigenvalue weighted by molar-refractivity contribution is 5.75. The van der Waals surface area contributed by atoms with Gasteiger partial charge in [0.05, 0.1) is 5.92 Å². The molecule has 104 valence electrons. The van der Waals surface area contributed by atoms with Crippen molar-refractivity contribution in [3.8, 4) is 5.75 Å². The van der Waals surface area contributed by atoms with Gasteiger partial charge in [-0.3, -0.25) is 4.79 Å². The van der Waals surface area contributed by atoms with E-state index in [1.165, 1.54) is 0 Å². The molecule has 6 heteroatoms. The number of hydrogen-bond acceptors (Lipinski definition) is 3. The summed E-state index contributed by atoms with van der Waals surface area (Å²) in [5, 5.41) is 0. The smallest absolute Gasteiger partial charge is 0.314 e. The summed E-state index contributed by atoms with van der Waals surface area (Å²) in [5.41, 5.74) is 0. The van der Waals surface area contributed by atoms with Gasteiger partial charge in [-0.25, -0.2) is 13.2 Å². The van der Waals surface area contributed by atoms with Crippen molar-refractivity contribution in [2.24, 2.45) is 5.92 Å². The maximum Gasteiger partial charge on any atom is 0.314 e. The van der Waals surface area contributed by atoms with Crippen LogP contribution in [0.1, 0.15) is 12.8 Å². The van der Waals surface area contributed by atoms with Gasteiger partial charge in [0.15, 0.2) is 17.5 Å². The maximum atomic E-state index is 13.0. The average Bonchev–Trinajstić information content (AvgIpc) is 2.36. The van der Waals surface area contributed by atoms with Crippen LogP contribution in [0.15, 0.2) is 12.1 Å². The van der Waals surface area contributed by atoms with Gasteiger partial charge in [0, 0.05) is 12.1 Å². The zero-order valence-electron chi connectivity index (χ0n) is 10.5. The molecule has 0 spiro atoms. The number of rotatable bonds is 2. The van der Waals surface area contributed by atoms with E-state index in [9.17, 15) is 18.0 Å². The summed E-state index contributed by atoms with van der Waals surface area (Å²) in [6, 6.07) is 1.34. The zero-order chi connectivity index (χ0) is 14.0. The standard InChI is InChI=1S/C13H14F3NO2/c1-17-4-2-8(3-5-17)13(18)19-9-6-10(14)12(16)11(15)7-9/h6-8H,2-5H2,1H3. The summed E-state index contributed by atoms with van der Waals surface area (Å²) < 4.78 is 43.6. The van der Waals surface area contributed by atoms with E-state index < -0.39 is 23.4 Å². The number of carbonyl (C=O) groups excluding carboxylic acids is 1. The van der Waals surface area contributed by atoms with Crippen LogP contribution in [0.5, 0.6) is 5.75 Å². The van der Waals surface area contributed by atoms with Gasteiger partial charge in [0.1, 0.15) is 5.75 Å². The molecule has 0 atom stereocenters. The third-order valence-corrected chi connectivity index (χ3v) is 3.23. The first kappa shape index (κ1) is 13.9. The summed E-state index contributed by atoms with van der Waals surface area (Å²) in [7, 11) is 1.95. The van der Waals surface area contributed by atoms with Crippen molar-refractivity contribution in [1.29, 1.82) is 0 Å². The number of likely N-dealkylation sites (tertiary alicyclic amines) is 1. The predicted molar refractivity (Wildman–Crippen MR) is 62.2 cm³/mol. The molecule has 0 aliphatic carbocycles. The number of benzene rings is 1. The highest BCUT2D eigenvalue weighted by Crippen LogP contribution is 2.23. The van der Waals surface area contributed by atoms with E-state index in [4.69, 9.17) is 4.74 Å². The van der Waals surface area contributed by atoms with E-state index in [0.29, 0.717) is 25.0 Å². The third kappa shape index (κ3) is 3.26. The summed E-state index contributed by atoms with van der Waals surface area (Å²) in [5.74, 6) is -5.43. The van der Waals surface area contributed by atoms with Crippen molar-refractivity contribution >= 4 is 5.97 Å². The van der Waals surface area contributed by atoms with Crippen LogP contribution in [0.4, 0.5) is 13.2 Å². The fraction of sp³-hybridized carbons (Fsp3) is 0.462. The number of halogens is 3.